The van der Waals surface area contributed by atoms with Crippen LogP contribution in [0.3, 0.4) is 0 Å². The van der Waals surface area contributed by atoms with E-state index in [0.29, 0.717) is 5.92 Å². The van der Waals surface area contributed by atoms with Crippen molar-refractivity contribution >= 4 is 23.8 Å². The van der Waals surface area contributed by atoms with Gasteiger partial charge in [-0.15, -0.1) is 0 Å². The Bertz CT molecular complexity index is 1170. The standard InChI is InChI=1S/C38H53Si.3ClH.Ti/c1-3-4-5-6-7-8-9-10-11-12-13-14-15-16-17-19-24-32-29-37-35-28-23-22-27-34(35)31(2)36(37)30-38(32)39-33-25-20-18-21-26-33;;;;/h18,20-23,25-29,31H,3-17,19,24,39H2,1-2H3;3*1H;/q;;;;+3/p-3. The third-order valence-corrected chi connectivity index (χ3v) is 12.7. The molecule has 234 valence electrons. The molecular weight excluding hydrogens is 639 g/mol. The average molecular weight is 692 g/mol. The number of aryl methyl sites for hydroxylation is 1. The van der Waals surface area contributed by atoms with E-state index in [0.717, 1.165) is 0 Å². The van der Waals surface area contributed by atoms with Crippen LogP contribution in [0, 0.1) is 0 Å². The Morgan fingerprint density at radius 2 is 1.09 bits per heavy atom. The van der Waals surface area contributed by atoms with Crippen LogP contribution in [0.5, 0.6) is 0 Å². The molecule has 0 amide bonds. The van der Waals surface area contributed by atoms with Crippen molar-refractivity contribution in [3.05, 3.63) is 77.4 Å². The van der Waals surface area contributed by atoms with Crippen LogP contribution in [-0.4, -0.2) is 9.52 Å². The molecule has 0 nitrogen and oxygen atoms in total. The quantitative estimate of drug-likeness (QED) is 0.122. The first-order chi connectivity index (χ1) is 19.7. The SMILES string of the molecule is CCCCCCCCCCCCCCCCCCc1cc2c([c]([Ti+3])c1[SiH2]c1ccccc1)C(C)c1ccccc1-2.[Cl-].[Cl-].[Cl-]. The monoisotopic (exact) mass is 690 g/mol. The van der Waals surface area contributed by atoms with E-state index in [1.165, 1.54) is 126 Å². The Labute approximate surface area is 296 Å². The zero-order valence-corrected chi connectivity index (χ0v) is 32.0. The van der Waals surface area contributed by atoms with Crippen molar-refractivity contribution in [2.45, 2.75) is 129 Å². The van der Waals surface area contributed by atoms with Crippen LogP contribution in [0.15, 0.2) is 60.7 Å². The van der Waals surface area contributed by atoms with Crippen LogP contribution in [0.4, 0.5) is 0 Å². The Morgan fingerprint density at radius 1 is 0.605 bits per heavy atom. The molecule has 0 fully saturated rings. The maximum Gasteiger partial charge on any atom is -1.00 e. The van der Waals surface area contributed by atoms with Crippen molar-refractivity contribution in [2.24, 2.45) is 0 Å². The number of hydrogen-bond donors (Lipinski definition) is 0. The van der Waals surface area contributed by atoms with E-state index in [1.54, 1.807) is 25.4 Å². The first kappa shape index (κ1) is 40.5. The predicted molar refractivity (Wildman–Crippen MR) is 177 cm³/mol. The van der Waals surface area contributed by atoms with Gasteiger partial charge in [0.05, 0.1) is 0 Å². The zero-order valence-electron chi connectivity index (χ0n) is 26.7. The van der Waals surface area contributed by atoms with E-state index in [-0.39, 0.29) is 37.2 Å². The Balaban J connectivity index is 0.00000308. The fourth-order valence-corrected chi connectivity index (χ4v) is 9.84. The minimum Gasteiger partial charge on any atom is -1.00 e. The smallest absolute Gasteiger partial charge is 1.00 e. The maximum absolute atomic E-state index is 2.61. The van der Waals surface area contributed by atoms with Gasteiger partial charge in [-0.1, -0.05) is 58.3 Å². The molecule has 0 N–H and O–H groups in total. The number of halogens is 3. The van der Waals surface area contributed by atoms with Gasteiger partial charge < -0.3 is 37.2 Å². The second-order valence-electron chi connectivity index (χ2n) is 12.4. The van der Waals surface area contributed by atoms with E-state index in [2.05, 4.69) is 94.9 Å². The van der Waals surface area contributed by atoms with Gasteiger partial charge in [0.15, 0.2) is 0 Å². The van der Waals surface area contributed by atoms with Crippen LogP contribution in [-0.2, 0) is 26.9 Å². The zero-order chi connectivity index (χ0) is 28.0. The van der Waals surface area contributed by atoms with Crippen molar-refractivity contribution in [3.63, 3.8) is 0 Å². The van der Waals surface area contributed by atoms with Crippen LogP contribution >= 0.6 is 0 Å². The largest absolute Gasteiger partial charge is 1.00 e. The molecule has 0 saturated carbocycles. The van der Waals surface area contributed by atoms with Gasteiger partial charge in [-0.2, -0.15) is 0 Å². The minimum absolute atomic E-state index is 0. The Hall–Kier alpha value is -0.539. The van der Waals surface area contributed by atoms with Gasteiger partial charge in [0, 0.05) is 0 Å². The maximum atomic E-state index is 2.61. The molecule has 0 radical (unpaired) electrons. The van der Waals surface area contributed by atoms with Crippen LogP contribution in [0.1, 0.15) is 139 Å². The van der Waals surface area contributed by atoms with Gasteiger partial charge >= 0.3 is 203 Å². The molecule has 0 spiro atoms. The van der Waals surface area contributed by atoms with Crippen LogP contribution in [0.2, 0.25) is 0 Å². The molecule has 0 aromatic heterocycles. The van der Waals surface area contributed by atoms with E-state index in [4.69, 9.17) is 0 Å². The van der Waals surface area contributed by atoms with E-state index in [9.17, 15) is 0 Å². The van der Waals surface area contributed by atoms with E-state index < -0.39 is 9.52 Å². The van der Waals surface area contributed by atoms with E-state index in [1.807, 2.05) is 0 Å². The Kier molecular flexibility index (Phi) is 21.5. The summed E-state index contributed by atoms with van der Waals surface area (Å²) in [6.07, 6.45) is 24.2. The normalized spacial score (nSPS) is 13.3. The van der Waals surface area contributed by atoms with Crippen molar-refractivity contribution in [1.82, 2.24) is 0 Å². The summed E-state index contributed by atoms with van der Waals surface area (Å²) >= 11 is 2.43. The molecule has 3 aromatic carbocycles. The first-order valence-electron chi connectivity index (χ1n) is 16.7. The molecule has 3 aromatic rings. The summed E-state index contributed by atoms with van der Waals surface area (Å²) < 4.78 is 1.60. The molecule has 1 aliphatic rings. The van der Waals surface area contributed by atoms with Gasteiger partial charge in [0.1, 0.15) is 0 Å². The summed E-state index contributed by atoms with van der Waals surface area (Å²) in [6, 6.07) is 23.1. The molecule has 5 heteroatoms. The summed E-state index contributed by atoms with van der Waals surface area (Å²) in [5.41, 5.74) is 7.79. The molecule has 0 bridgehead atoms. The summed E-state index contributed by atoms with van der Waals surface area (Å²) in [5.74, 6) is 0.513. The van der Waals surface area contributed by atoms with Gasteiger partial charge in [-0.05, 0) is 0 Å². The molecule has 1 aliphatic carbocycles. The molecule has 4 rings (SSSR count). The minimum atomic E-state index is -0.486. The third-order valence-electron chi connectivity index (χ3n) is 9.24. The topological polar surface area (TPSA) is 0 Å². The predicted octanol–water partition coefficient (Wildman–Crippen LogP) is -0.0735. The summed E-state index contributed by atoms with van der Waals surface area (Å²) in [4.78, 5) is 0. The molecule has 0 heterocycles. The number of unbranched alkanes of at least 4 members (excludes halogenated alkanes) is 15. The number of rotatable bonds is 19. The van der Waals surface area contributed by atoms with Crippen LogP contribution < -0.4 is 51.5 Å². The second-order valence-corrected chi connectivity index (χ2v) is 15.0. The van der Waals surface area contributed by atoms with E-state index >= 15 is 0 Å². The van der Waals surface area contributed by atoms with Crippen molar-refractivity contribution < 1.29 is 57.7 Å². The number of fused-ring (bicyclic) bond motifs is 3. The first-order valence-corrected chi connectivity index (χ1v) is 18.9. The molecule has 0 aliphatic heterocycles. The molecule has 1 unspecified atom stereocenters. The average Bonchev–Trinajstić information content (AvgIpc) is 3.26. The summed E-state index contributed by atoms with van der Waals surface area (Å²) in [7, 11) is -0.486. The van der Waals surface area contributed by atoms with Gasteiger partial charge in [-0.3, -0.25) is 0 Å². The van der Waals surface area contributed by atoms with Gasteiger partial charge in [0.25, 0.3) is 0 Å². The molecule has 0 saturated heterocycles. The fraction of sp³-hybridized carbons (Fsp3) is 0.526. The molecule has 43 heavy (non-hydrogen) atoms. The van der Waals surface area contributed by atoms with Crippen molar-refractivity contribution in [2.75, 3.05) is 0 Å². The fourth-order valence-electron chi connectivity index (χ4n) is 6.83. The van der Waals surface area contributed by atoms with Crippen LogP contribution in [0.25, 0.3) is 11.1 Å². The number of benzene rings is 3. The van der Waals surface area contributed by atoms with Crippen molar-refractivity contribution in [1.29, 1.82) is 0 Å². The molecular formula is C38H53Cl3SiTi. The van der Waals surface area contributed by atoms with Crippen molar-refractivity contribution in [3.8, 4) is 11.1 Å². The third kappa shape index (κ3) is 12.3. The second kappa shape index (κ2) is 22.9. The number of hydrogen-bond acceptors (Lipinski definition) is 0. The Morgan fingerprint density at radius 3 is 1.65 bits per heavy atom. The summed E-state index contributed by atoms with van der Waals surface area (Å²) in [6.45, 7) is 4.72. The summed E-state index contributed by atoms with van der Waals surface area (Å²) in [5, 5.41) is 3.30. The molecule has 1 atom stereocenters. The van der Waals surface area contributed by atoms with Gasteiger partial charge in [-0.25, -0.2) is 0 Å². The van der Waals surface area contributed by atoms with Gasteiger partial charge in [0.2, 0.25) is 0 Å².